The number of fused-ring (bicyclic) bond motifs is 1. The van der Waals surface area contributed by atoms with Gasteiger partial charge in [0.25, 0.3) is 0 Å². The van der Waals surface area contributed by atoms with E-state index in [-0.39, 0.29) is 12.6 Å². The van der Waals surface area contributed by atoms with Crippen molar-refractivity contribution in [3.8, 4) is 5.75 Å². The van der Waals surface area contributed by atoms with Crippen molar-refractivity contribution >= 4 is 16.7 Å². The van der Waals surface area contributed by atoms with Crippen LogP contribution in [0.4, 0.5) is 0 Å². The van der Waals surface area contributed by atoms with Crippen molar-refractivity contribution in [3.05, 3.63) is 90.5 Å². The van der Waals surface area contributed by atoms with Gasteiger partial charge in [-0.3, -0.25) is 0 Å². The van der Waals surface area contributed by atoms with Gasteiger partial charge >= 0.3 is 5.97 Å². The molecule has 3 heteroatoms. The van der Waals surface area contributed by atoms with Crippen LogP contribution < -0.4 is 4.74 Å². The highest BCUT2D eigenvalue weighted by molar-refractivity contribution is 5.89. The number of carbonyl (C=O) groups excluding carboxylic acids is 1. The van der Waals surface area contributed by atoms with Crippen LogP contribution in [-0.2, 0) is 11.3 Å². The van der Waals surface area contributed by atoms with Gasteiger partial charge in [0.1, 0.15) is 19.0 Å². The molecule has 0 radical (unpaired) electrons. The molecule has 0 spiro atoms. The normalized spacial score (nSPS) is 10.3. The smallest absolute Gasteiger partial charge is 0.338 e. The Morgan fingerprint density at radius 2 is 1.71 bits per heavy atom. The molecule has 120 valence electrons. The van der Waals surface area contributed by atoms with Gasteiger partial charge in [-0.15, -0.1) is 0 Å². The summed E-state index contributed by atoms with van der Waals surface area (Å²) >= 11 is 0. The van der Waals surface area contributed by atoms with E-state index in [9.17, 15) is 4.79 Å². The SMILES string of the molecule is C=CCOC(=O)c1ccc(OCc2cccc3ccccc23)cc1. The Kier molecular flexibility index (Phi) is 4.92. The summed E-state index contributed by atoms with van der Waals surface area (Å²) in [5.74, 6) is 0.346. The van der Waals surface area contributed by atoms with Gasteiger partial charge in [0.2, 0.25) is 0 Å². The number of benzene rings is 3. The van der Waals surface area contributed by atoms with E-state index >= 15 is 0 Å². The number of hydrogen-bond donors (Lipinski definition) is 0. The molecule has 3 nitrogen and oxygen atoms in total. The predicted molar refractivity (Wildman–Crippen MR) is 95.2 cm³/mol. The van der Waals surface area contributed by atoms with E-state index in [1.165, 1.54) is 10.8 Å². The van der Waals surface area contributed by atoms with Crippen molar-refractivity contribution in [2.75, 3.05) is 6.61 Å². The first-order valence-electron chi connectivity index (χ1n) is 7.75. The molecule has 0 saturated carbocycles. The number of esters is 1. The minimum atomic E-state index is -0.365. The summed E-state index contributed by atoms with van der Waals surface area (Å²) in [7, 11) is 0. The minimum absolute atomic E-state index is 0.207. The molecule has 0 unspecified atom stereocenters. The second-order valence-corrected chi connectivity index (χ2v) is 5.34. The molecule has 3 rings (SSSR count). The van der Waals surface area contributed by atoms with Crippen molar-refractivity contribution in [1.29, 1.82) is 0 Å². The first-order valence-corrected chi connectivity index (χ1v) is 7.75. The maximum absolute atomic E-state index is 11.7. The lowest BCUT2D eigenvalue weighted by molar-refractivity contribution is 0.0549. The van der Waals surface area contributed by atoms with Crippen LogP contribution in [0.1, 0.15) is 15.9 Å². The highest BCUT2D eigenvalue weighted by Crippen LogP contribution is 2.21. The lowest BCUT2D eigenvalue weighted by atomic mass is 10.1. The number of hydrogen-bond acceptors (Lipinski definition) is 3. The highest BCUT2D eigenvalue weighted by atomic mass is 16.5. The molecule has 0 amide bonds. The fourth-order valence-electron chi connectivity index (χ4n) is 2.48. The monoisotopic (exact) mass is 318 g/mol. The van der Waals surface area contributed by atoms with Gasteiger partial charge in [0.15, 0.2) is 0 Å². The van der Waals surface area contributed by atoms with Crippen LogP contribution in [0.5, 0.6) is 5.75 Å². The lowest BCUT2D eigenvalue weighted by Crippen LogP contribution is -2.05. The lowest BCUT2D eigenvalue weighted by Gasteiger charge is -2.09. The van der Waals surface area contributed by atoms with Crippen LogP contribution in [0.3, 0.4) is 0 Å². The second kappa shape index (κ2) is 7.47. The van der Waals surface area contributed by atoms with Gasteiger partial charge in [-0.25, -0.2) is 4.79 Å². The Morgan fingerprint density at radius 3 is 2.50 bits per heavy atom. The molecule has 3 aromatic carbocycles. The predicted octanol–water partition coefficient (Wildman–Crippen LogP) is 4.76. The average molecular weight is 318 g/mol. The molecule has 0 atom stereocenters. The molecule has 0 aromatic heterocycles. The maximum atomic E-state index is 11.7. The first kappa shape index (κ1) is 15.8. The van der Waals surface area contributed by atoms with E-state index in [1.807, 2.05) is 18.2 Å². The summed E-state index contributed by atoms with van der Waals surface area (Å²) in [6.45, 7) is 4.20. The fourth-order valence-corrected chi connectivity index (χ4v) is 2.48. The number of carbonyl (C=O) groups is 1. The van der Waals surface area contributed by atoms with E-state index in [2.05, 4.69) is 30.8 Å². The van der Waals surface area contributed by atoms with Gasteiger partial charge in [0, 0.05) is 0 Å². The van der Waals surface area contributed by atoms with Crippen molar-refractivity contribution in [1.82, 2.24) is 0 Å². The Balaban J connectivity index is 1.68. The van der Waals surface area contributed by atoms with Crippen LogP contribution in [0.2, 0.25) is 0 Å². The van der Waals surface area contributed by atoms with Crippen molar-refractivity contribution < 1.29 is 14.3 Å². The third-order valence-electron chi connectivity index (χ3n) is 3.70. The molecule has 0 aliphatic carbocycles. The van der Waals surface area contributed by atoms with Gasteiger partial charge in [-0.2, -0.15) is 0 Å². The van der Waals surface area contributed by atoms with Crippen LogP contribution >= 0.6 is 0 Å². The maximum Gasteiger partial charge on any atom is 0.338 e. The van der Waals surface area contributed by atoms with E-state index in [0.717, 1.165) is 5.56 Å². The first-order chi connectivity index (χ1) is 11.8. The zero-order chi connectivity index (χ0) is 16.8. The van der Waals surface area contributed by atoms with Crippen LogP contribution in [0.25, 0.3) is 10.8 Å². The Hall–Kier alpha value is -3.07. The summed E-state index contributed by atoms with van der Waals surface area (Å²) in [5, 5.41) is 2.38. The van der Waals surface area contributed by atoms with E-state index in [1.54, 1.807) is 30.3 Å². The molecule has 0 bridgehead atoms. The van der Waals surface area contributed by atoms with Crippen LogP contribution in [0, 0.1) is 0 Å². The average Bonchev–Trinajstić information content (AvgIpc) is 2.64. The molecule has 24 heavy (non-hydrogen) atoms. The van der Waals surface area contributed by atoms with Gasteiger partial charge in [-0.05, 0) is 40.6 Å². The van der Waals surface area contributed by atoms with Crippen molar-refractivity contribution in [2.24, 2.45) is 0 Å². The van der Waals surface area contributed by atoms with Crippen molar-refractivity contribution in [3.63, 3.8) is 0 Å². The summed E-state index contributed by atoms with van der Waals surface area (Å²) < 4.78 is 10.8. The molecule has 0 aliphatic rings. The van der Waals surface area contributed by atoms with Crippen molar-refractivity contribution in [2.45, 2.75) is 6.61 Å². The van der Waals surface area contributed by atoms with E-state index in [0.29, 0.717) is 17.9 Å². The third-order valence-corrected chi connectivity index (χ3v) is 3.70. The Labute approximate surface area is 141 Å². The Bertz CT molecular complexity index is 845. The zero-order valence-electron chi connectivity index (χ0n) is 13.3. The van der Waals surface area contributed by atoms with Gasteiger partial charge in [0.05, 0.1) is 5.56 Å². The topological polar surface area (TPSA) is 35.5 Å². The standard InChI is InChI=1S/C21H18O3/c1-2-14-23-21(22)17-10-12-19(13-11-17)24-15-18-8-5-7-16-6-3-4-9-20(16)18/h2-13H,1,14-15H2. The quantitative estimate of drug-likeness (QED) is 0.485. The fraction of sp³-hybridized carbons (Fsp3) is 0.0952. The summed E-state index contributed by atoms with van der Waals surface area (Å²) in [6, 6.07) is 21.3. The molecule has 0 aliphatic heterocycles. The molecule has 0 heterocycles. The number of rotatable bonds is 6. The van der Waals surface area contributed by atoms with Crippen LogP contribution in [-0.4, -0.2) is 12.6 Å². The molecular weight excluding hydrogens is 300 g/mol. The molecule has 0 saturated heterocycles. The number of ether oxygens (including phenoxy) is 2. The minimum Gasteiger partial charge on any atom is -0.489 e. The largest absolute Gasteiger partial charge is 0.489 e. The van der Waals surface area contributed by atoms with Gasteiger partial charge in [-0.1, -0.05) is 55.1 Å². The second-order valence-electron chi connectivity index (χ2n) is 5.34. The van der Waals surface area contributed by atoms with Gasteiger partial charge < -0.3 is 9.47 Å². The van der Waals surface area contributed by atoms with E-state index in [4.69, 9.17) is 9.47 Å². The molecule has 3 aromatic rings. The summed E-state index contributed by atoms with van der Waals surface area (Å²) in [4.78, 5) is 11.7. The summed E-state index contributed by atoms with van der Waals surface area (Å²) in [6.07, 6.45) is 1.54. The molecule has 0 fully saturated rings. The summed E-state index contributed by atoms with van der Waals surface area (Å²) in [5.41, 5.74) is 1.62. The Morgan fingerprint density at radius 1 is 0.958 bits per heavy atom. The zero-order valence-corrected chi connectivity index (χ0v) is 13.3. The highest BCUT2D eigenvalue weighted by Gasteiger charge is 2.07. The van der Waals surface area contributed by atoms with E-state index < -0.39 is 0 Å². The molecule has 0 N–H and O–H groups in total. The molecular formula is C21H18O3. The van der Waals surface area contributed by atoms with Crippen LogP contribution in [0.15, 0.2) is 79.4 Å². The third kappa shape index (κ3) is 3.63.